The van der Waals surface area contributed by atoms with Crippen LogP contribution in [-0.2, 0) is 9.53 Å². The van der Waals surface area contributed by atoms with Gasteiger partial charge in [0.15, 0.2) is 0 Å². The molecule has 0 spiro atoms. The number of hydrogen-bond donors (Lipinski definition) is 2. The molecule has 1 saturated heterocycles. The molecule has 2 aliphatic carbocycles. The van der Waals surface area contributed by atoms with Gasteiger partial charge in [0.2, 0.25) is 0 Å². The fourth-order valence-corrected chi connectivity index (χ4v) is 4.18. The van der Waals surface area contributed by atoms with Crippen LogP contribution in [0.1, 0.15) is 45.4 Å². The van der Waals surface area contributed by atoms with Gasteiger partial charge in [-0.25, -0.2) is 0 Å². The minimum absolute atomic E-state index is 0.228. The molecule has 0 bridgehead atoms. The van der Waals surface area contributed by atoms with Gasteiger partial charge in [-0.3, -0.25) is 4.79 Å². The van der Waals surface area contributed by atoms with Crippen molar-refractivity contribution in [3.8, 4) is 0 Å². The largest absolute Gasteiger partial charge is 0.481 e. The number of nitrogens with zero attached hydrogens (tertiary/aromatic N) is 1. The Kier molecular flexibility index (Phi) is 5.00. The Morgan fingerprint density at radius 1 is 1.30 bits per heavy atom. The Hall–Kier alpha value is -0.650. The molecule has 3 fully saturated rings. The van der Waals surface area contributed by atoms with E-state index in [2.05, 4.69) is 17.1 Å². The van der Waals surface area contributed by atoms with Gasteiger partial charge in [-0.15, -0.1) is 0 Å². The summed E-state index contributed by atoms with van der Waals surface area (Å²) in [6, 6.07) is 0.716. The number of likely N-dealkylation sites (tertiary alicyclic amines) is 1. The molecule has 5 heteroatoms. The molecule has 1 aliphatic heterocycles. The lowest BCUT2D eigenvalue weighted by Crippen LogP contribution is -2.49. The molecule has 0 aromatic carbocycles. The third kappa shape index (κ3) is 3.89. The quantitative estimate of drug-likeness (QED) is 0.679. The van der Waals surface area contributed by atoms with Gasteiger partial charge in [0, 0.05) is 31.7 Å². The predicted octanol–water partition coefficient (Wildman–Crippen LogP) is 1.97. The average Bonchev–Trinajstić information content (AvgIpc) is 3.43. The molecular formula is C18H32N2O3. The van der Waals surface area contributed by atoms with Gasteiger partial charge in [-0.1, -0.05) is 13.3 Å². The van der Waals surface area contributed by atoms with Crippen LogP contribution in [0.5, 0.6) is 0 Å². The summed E-state index contributed by atoms with van der Waals surface area (Å²) in [6.07, 6.45) is 6.51. The molecule has 3 aliphatic rings. The van der Waals surface area contributed by atoms with E-state index in [-0.39, 0.29) is 5.41 Å². The van der Waals surface area contributed by atoms with Crippen LogP contribution in [0.4, 0.5) is 0 Å². The second kappa shape index (κ2) is 6.69. The standard InChI is InChI=1S/C18H32N2O3/c1-3-14-10-15(14)19-11-17(13-23-2)6-8-20(9-7-17)12-18(4-5-18)16(21)22/h14-15,19H,3-13H2,1-2H3,(H,21,22). The SMILES string of the molecule is CCC1CC1NCC1(COC)CCN(CC2(C(=O)O)CC2)CC1. The van der Waals surface area contributed by atoms with Crippen LogP contribution in [0.3, 0.4) is 0 Å². The lowest BCUT2D eigenvalue weighted by Gasteiger charge is -2.42. The van der Waals surface area contributed by atoms with Crippen LogP contribution in [0.15, 0.2) is 0 Å². The highest BCUT2D eigenvalue weighted by Crippen LogP contribution is 2.47. The lowest BCUT2D eigenvalue weighted by atomic mass is 9.78. The molecule has 0 radical (unpaired) electrons. The van der Waals surface area contributed by atoms with E-state index < -0.39 is 11.4 Å². The Morgan fingerprint density at radius 2 is 2.00 bits per heavy atom. The van der Waals surface area contributed by atoms with E-state index in [1.807, 2.05) is 0 Å². The number of methoxy groups -OCH3 is 1. The molecule has 2 unspecified atom stereocenters. The van der Waals surface area contributed by atoms with Crippen molar-refractivity contribution in [2.45, 2.75) is 51.5 Å². The van der Waals surface area contributed by atoms with Crippen molar-refractivity contribution in [3.63, 3.8) is 0 Å². The third-order valence-corrected chi connectivity index (χ3v) is 6.39. The van der Waals surface area contributed by atoms with Gasteiger partial charge in [-0.05, 0) is 51.1 Å². The van der Waals surface area contributed by atoms with E-state index in [0.717, 1.165) is 64.4 Å². The topological polar surface area (TPSA) is 61.8 Å². The van der Waals surface area contributed by atoms with Crippen molar-refractivity contribution in [1.82, 2.24) is 10.2 Å². The van der Waals surface area contributed by atoms with Crippen molar-refractivity contribution in [1.29, 1.82) is 0 Å². The lowest BCUT2D eigenvalue weighted by molar-refractivity contribution is -0.144. The van der Waals surface area contributed by atoms with Gasteiger partial charge in [0.05, 0.1) is 12.0 Å². The maximum atomic E-state index is 11.4. The summed E-state index contributed by atoms with van der Waals surface area (Å²) in [5.74, 6) is 0.271. The monoisotopic (exact) mass is 324 g/mol. The number of rotatable bonds is 9. The highest BCUT2D eigenvalue weighted by atomic mass is 16.5. The zero-order valence-electron chi connectivity index (χ0n) is 14.6. The minimum atomic E-state index is -0.604. The van der Waals surface area contributed by atoms with Gasteiger partial charge < -0.3 is 20.1 Å². The van der Waals surface area contributed by atoms with Crippen LogP contribution in [0.2, 0.25) is 0 Å². The van der Waals surface area contributed by atoms with Crippen LogP contribution >= 0.6 is 0 Å². The molecule has 132 valence electrons. The highest BCUT2D eigenvalue weighted by molar-refractivity contribution is 5.78. The van der Waals surface area contributed by atoms with Gasteiger partial charge in [-0.2, -0.15) is 0 Å². The molecule has 0 aromatic heterocycles. The Bertz CT molecular complexity index is 428. The molecule has 0 aromatic rings. The molecule has 5 nitrogen and oxygen atoms in total. The van der Waals surface area contributed by atoms with Gasteiger partial charge in [0.25, 0.3) is 0 Å². The van der Waals surface area contributed by atoms with E-state index in [9.17, 15) is 9.90 Å². The molecule has 2 atom stereocenters. The van der Waals surface area contributed by atoms with Crippen molar-refractivity contribution < 1.29 is 14.6 Å². The summed E-state index contributed by atoms with van der Waals surface area (Å²) in [5.41, 5.74) is -0.200. The molecule has 2 saturated carbocycles. The number of carbonyl (C=O) groups is 1. The summed E-state index contributed by atoms with van der Waals surface area (Å²) < 4.78 is 5.52. The first-order valence-corrected chi connectivity index (χ1v) is 9.21. The summed E-state index contributed by atoms with van der Waals surface area (Å²) in [7, 11) is 1.80. The molecule has 2 N–H and O–H groups in total. The van der Waals surface area contributed by atoms with Crippen molar-refractivity contribution in [3.05, 3.63) is 0 Å². The zero-order valence-corrected chi connectivity index (χ0v) is 14.6. The van der Waals surface area contributed by atoms with E-state index in [1.54, 1.807) is 7.11 Å². The number of carboxylic acid groups (broad SMARTS) is 1. The Labute approximate surface area is 139 Å². The molecular weight excluding hydrogens is 292 g/mol. The fourth-order valence-electron chi connectivity index (χ4n) is 4.18. The number of ether oxygens (including phenoxy) is 1. The first-order chi connectivity index (χ1) is 11.0. The smallest absolute Gasteiger partial charge is 0.310 e. The average molecular weight is 324 g/mol. The number of piperidine rings is 1. The number of carboxylic acids is 1. The summed E-state index contributed by atoms with van der Waals surface area (Å²) in [4.78, 5) is 13.7. The van der Waals surface area contributed by atoms with Crippen molar-refractivity contribution in [2.75, 3.05) is 39.9 Å². The Balaban J connectivity index is 1.48. The highest BCUT2D eigenvalue weighted by Gasteiger charge is 2.51. The van der Waals surface area contributed by atoms with E-state index >= 15 is 0 Å². The molecule has 0 amide bonds. The number of nitrogens with one attached hydrogen (secondary N) is 1. The zero-order chi connectivity index (χ0) is 16.5. The van der Waals surface area contributed by atoms with Crippen LogP contribution < -0.4 is 5.32 Å². The van der Waals surface area contributed by atoms with Crippen molar-refractivity contribution >= 4 is 5.97 Å². The minimum Gasteiger partial charge on any atom is -0.481 e. The molecule has 3 rings (SSSR count). The normalized spacial score (nSPS) is 31.7. The van der Waals surface area contributed by atoms with Crippen molar-refractivity contribution in [2.24, 2.45) is 16.7 Å². The number of aliphatic carboxylic acids is 1. The second-order valence-electron chi connectivity index (χ2n) is 8.19. The summed E-state index contributed by atoms with van der Waals surface area (Å²) >= 11 is 0. The third-order valence-electron chi connectivity index (χ3n) is 6.39. The van der Waals surface area contributed by atoms with E-state index in [4.69, 9.17) is 4.74 Å². The van der Waals surface area contributed by atoms with Gasteiger partial charge in [0.1, 0.15) is 0 Å². The summed E-state index contributed by atoms with van der Waals surface area (Å²) in [6.45, 7) is 6.86. The fraction of sp³-hybridized carbons (Fsp3) is 0.944. The van der Waals surface area contributed by atoms with E-state index in [0.29, 0.717) is 6.04 Å². The molecule has 23 heavy (non-hydrogen) atoms. The Morgan fingerprint density at radius 3 is 2.48 bits per heavy atom. The predicted molar refractivity (Wildman–Crippen MR) is 89.5 cm³/mol. The van der Waals surface area contributed by atoms with Gasteiger partial charge >= 0.3 is 5.97 Å². The van der Waals surface area contributed by atoms with Crippen LogP contribution in [0, 0.1) is 16.7 Å². The maximum Gasteiger partial charge on any atom is 0.310 e. The second-order valence-corrected chi connectivity index (χ2v) is 8.19. The van der Waals surface area contributed by atoms with E-state index in [1.165, 1.54) is 12.8 Å². The first-order valence-electron chi connectivity index (χ1n) is 9.21. The molecule has 1 heterocycles. The maximum absolute atomic E-state index is 11.4. The van der Waals surface area contributed by atoms with Crippen LogP contribution in [0.25, 0.3) is 0 Å². The number of hydrogen-bond acceptors (Lipinski definition) is 4. The van der Waals surface area contributed by atoms with Crippen LogP contribution in [-0.4, -0.2) is 61.9 Å². The first kappa shape index (κ1) is 17.2. The summed E-state index contributed by atoms with van der Waals surface area (Å²) in [5, 5.41) is 13.1.